The molecule has 1 saturated heterocycles. The number of likely N-dealkylation sites (tertiary alicyclic amines) is 1. The van der Waals surface area contributed by atoms with E-state index in [4.69, 9.17) is 4.74 Å². The van der Waals surface area contributed by atoms with Gasteiger partial charge in [-0.05, 0) is 57.5 Å². The van der Waals surface area contributed by atoms with Gasteiger partial charge in [-0.1, -0.05) is 31.4 Å². The summed E-state index contributed by atoms with van der Waals surface area (Å²) >= 11 is 0. The fourth-order valence-electron chi connectivity index (χ4n) is 4.53. The van der Waals surface area contributed by atoms with Crippen molar-refractivity contribution in [3.63, 3.8) is 0 Å². The molecule has 1 aromatic rings. The quantitative estimate of drug-likeness (QED) is 0.206. The first-order valence-corrected chi connectivity index (χ1v) is 12.2. The van der Waals surface area contributed by atoms with E-state index in [9.17, 15) is 4.79 Å². The Morgan fingerprint density at radius 3 is 2.55 bits per heavy atom. The number of rotatable bonds is 9. The number of carbonyl (C=O) groups excluding carboxylic acids is 1. The zero-order chi connectivity index (χ0) is 22.8. The number of nitrogens with one attached hydrogen (secondary N) is 2. The Hall–Kier alpha value is -1.55. The van der Waals surface area contributed by atoms with E-state index in [0.29, 0.717) is 12.5 Å². The van der Waals surface area contributed by atoms with Gasteiger partial charge < -0.3 is 25.2 Å². The minimum absolute atomic E-state index is 0. The molecule has 33 heavy (non-hydrogen) atoms. The second-order valence-electron chi connectivity index (χ2n) is 9.32. The summed E-state index contributed by atoms with van der Waals surface area (Å²) in [6, 6.07) is 8.47. The third-order valence-corrected chi connectivity index (χ3v) is 6.42. The van der Waals surface area contributed by atoms with Gasteiger partial charge >= 0.3 is 0 Å². The summed E-state index contributed by atoms with van der Waals surface area (Å²) in [5.41, 5.74) is 1.18. The lowest BCUT2D eigenvalue weighted by Gasteiger charge is -2.26. The van der Waals surface area contributed by atoms with Gasteiger partial charge in [-0.15, -0.1) is 24.0 Å². The summed E-state index contributed by atoms with van der Waals surface area (Å²) in [7, 11) is 5.94. The molecule has 2 N–H and O–H groups in total. The minimum Gasteiger partial charge on any atom is -0.494 e. The monoisotopic (exact) mass is 571 g/mol. The van der Waals surface area contributed by atoms with Crippen molar-refractivity contribution in [3.05, 3.63) is 29.8 Å². The van der Waals surface area contributed by atoms with Crippen LogP contribution in [0, 0.1) is 5.92 Å². The molecule has 1 aliphatic heterocycles. The van der Waals surface area contributed by atoms with Crippen LogP contribution in [0.5, 0.6) is 5.75 Å². The lowest BCUT2D eigenvalue weighted by Crippen LogP contribution is -2.45. The van der Waals surface area contributed by atoms with Gasteiger partial charge in [0.25, 0.3) is 0 Å². The number of nitrogens with zero attached hydrogens (tertiary/aromatic N) is 3. The van der Waals surface area contributed by atoms with E-state index < -0.39 is 0 Å². The highest BCUT2D eigenvalue weighted by atomic mass is 127. The summed E-state index contributed by atoms with van der Waals surface area (Å²) in [5, 5.41) is 6.89. The maximum atomic E-state index is 12.8. The van der Waals surface area contributed by atoms with Crippen LogP contribution in [0.25, 0.3) is 0 Å². The minimum atomic E-state index is 0. The Balaban J connectivity index is 0.00000385. The molecule has 1 atom stereocenters. The van der Waals surface area contributed by atoms with E-state index in [2.05, 4.69) is 51.7 Å². The number of hydrogen-bond donors (Lipinski definition) is 2. The van der Waals surface area contributed by atoms with Crippen LogP contribution in [-0.2, 0) is 11.3 Å². The van der Waals surface area contributed by atoms with Gasteiger partial charge in [0.1, 0.15) is 5.75 Å². The lowest BCUT2D eigenvalue weighted by molar-refractivity contribution is -0.135. The molecule has 3 rings (SSSR count). The Bertz CT molecular complexity index is 735. The van der Waals surface area contributed by atoms with Crippen molar-refractivity contribution < 1.29 is 9.53 Å². The number of aliphatic imine (C=N–C) groups is 1. The van der Waals surface area contributed by atoms with Crippen molar-refractivity contribution >= 4 is 35.8 Å². The molecular weight excluding hydrogens is 529 g/mol. The lowest BCUT2D eigenvalue weighted by atomic mass is 9.88. The van der Waals surface area contributed by atoms with Crippen LogP contribution in [0.4, 0.5) is 0 Å². The molecule has 2 aliphatic rings. The highest BCUT2D eigenvalue weighted by Gasteiger charge is 2.31. The second kappa shape index (κ2) is 14.7. The summed E-state index contributed by atoms with van der Waals surface area (Å²) in [6.07, 6.45) is 7.80. The van der Waals surface area contributed by atoms with Gasteiger partial charge in [-0.2, -0.15) is 0 Å². The molecule has 1 aliphatic carbocycles. The first-order chi connectivity index (χ1) is 15.5. The molecule has 0 spiro atoms. The standard InChI is InChI=1S/C25H41N5O2.HI/c1-26-25(27-18-20-10-12-23(13-11-20)32-17-7-15-29(2)3)28-22-14-16-30(19-22)24(31)21-8-5-4-6-9-21;/h10-13,21-22H,4-9,14-19H2,1-3H3,(H2,26,27,28);1H. The molecular formula is C25H42IN5O2. The second-order valence-corrected chi connectivity index (χ2v) is 9.32. The number of halogens is 1. The number of carbonyl (C=O) groups is 1. The summed E-state index contributed by atoms with van der Waals surface area (Å²) in [4.78, 5) is 21.4. The number of ether oxygens (including phenoxy) is 1. The van der Waals surface area contributed by atoms with E-state index in [0.717, 1.165) is 63.6 Å². The van der Waals surface area contributed by atoms with Crippen molar-refractivity contribution in [3.8, 4) is 5.75 Å². The Labute approximate surface area is 216 Å². The SMILES string of the molecule is CN=C(NCc1ccc(OCCCN(C)C)cc1)NC1CCN(C(=O)C2CCCCC2)C1.I. The third kappa shape index (κ3) is 9.31. The topological polar surface area (TPSA) is 69.2 Å². The summed E-state index contributed by atoms with van der Waals surface area (Å²) in [6.45, 7) is 4.07. The van der Waals surface area contributed by atoms with E-state index >= 15 is 0 Å². The maximum Gasteiger partial charge on any atom is 0.225 e. The van der Waals surface area contributed by atoms with E-state index in [-0.39, 0.29) is 35.9 Å². The first kappa shape index (κ1) is 27.7. The third-order valence-electron chi connectivity index (χ3n) is 6.42. The van der Waals surface area contributed by atoms with E-state index in [1.54, 1.807) is 7.05 Å². The maximum absolute atomic E-state index is 12.8. The fraction of sp³-hybridized carbons (Fsp3) is 0.680. The molecule has 0 bridgehead atoms. The first-order valence-electron chi connectivity index (χ1n) is 12.2. The van der Waals surface area contributed by atoms with Crippen molar-refractivity contribution in [1.82, 2.24) is 20.4 Å². The molecule has 1 amide bonds. The van der Waals surface area contributed by atoms with Crippen molar-refractivity contribution in [1.29, 1.82) is 0 Å². The van der Waals surface area contributed by atoms with E-state index in [1.165, 1.54) is 24.8 Å². The highest BCUT2D eigenvalue weighted by molar-refractivity contribution is 14.0. The average Bonchev–Trinajstić information content (AvgIpc) is 3.28. The summed E-state index contributed by atoms with van der Waals surface area (Å²) in [5.74, 6) is 2.30. The van der Waals surface area contributed by atoms with Gasteiger partial charge in [-0.25, -0.2) is 0 Å². The molecule has 1 aromatic carbocycles. The molecule has 2 fully saturated rings. The molecule has 1 heterocycles. The van der Waals surface area contributed by atoms with Crippen LogP contribution in [0.3, 0.4) is 0 Å². The smallest absolute Gasteiger partial charge is 0.225 e. The molecule has 8 heteroatoms. The molecule has 186 valence electrons. The predicted molar refractivity (Wildman–Crippen MR) is 145 cm³/mol. The molecule has 1 unspecified atom stereocenters. The fourth-order valence-corrected chi connectivity index (χ4v) is 4.53. The Morgan fingerprint density at radius 2 is 1.88 bits per heavy atom. The van der Waals surface area contributed by atoms with Gasteiger partial charge in [0.2, 0.25) is 5.91 Å². The highest BCUT2D eigenvalue weighted by Crippen LogP contribution is 2.26. The number of guanidine groups is 1. The molecule has 0 aromatic heterocycles. The van der Waals surface area contributed by atoms with Crippen LogP contribution < -0.4 is 15.4 Å². The Morgan fingerprint density at radius 1 is 1.15 bits per heavy atom. The number of hydrogen-bond acceptors (Lipinski definition) is 4. The number of benzene rings is 1. The van der Waals surface area contributed by atoms with Crippen LogP contribution in [0.1, 0.15) is 50.5 Å². The predicted octanol–water partition coefficient (Wildman–Crippen LogP) is 3.48. The van der Waals surface area contributed by atoms with Crippen LogP contribution in [0.15, 0.2) is 29.3 Å². The van der Waals surface area contributed by atoms with E-state index in [1.807, 2.05) is 12.1 Å². The van der Waals surface area contributed by atoms with Crippen molar-refractivity contribution in [2.24, 2.45) is 10.9 Å². The van der Waals surface area contributed by atoms with Gasteiger partial charge in [-0.3, -0.25) is 9.79 Å². The Kier molecular flexibility index (Phi) is 12.3. The summed E-state index contributed by atoms with van der Waals surface area (Å²) < 4.78 is 5.80. The van der Waals surface area contributed by atoms with Crippen molar-refractivity contribution in [2.75, 3.05) is 47.4 Å². The molecule has 0 radical (unpaired) electrons. The number of amides is 1. The zero-order valence-corrected chi connectivity index (χ0v) is 22.8. The van der Waals surface area contributed by atoms with Crippen LogP contribution in [-0.4, -0.2) is 75.1 Å². The van der Waals surface area contributed by atoms with Gasteiger partial charge in [0, 0.05) is 45.2 Å². The largest absolute Gasteiger partial charge is 0.494 e. The zero-order valence-electron chi connectivity index (χ0n) is 20.5. The van der Waals surface area contributed by atoms with Crippen LogP contribution in [0.2, 0.25) is 0 Å². The molecule has 7 nitrogen and oxygen atoms in total. The van der Waals surface area contributed by atoms with Crippen molar-refractivity contribution in [2.45, 2.75) is 57.5 Å². The van der Waals surface area contributed by atoms with Gasteiger partial charge in [0.15, 0.2) is 5.96 Å². The van der Waals surface area contributed by atoms with Gasteiger partial charge in [0.05, 0.1) is 6.61 Å². The normalized spacial score (nSPS) is 19.3. The molecule has 1 saturated carbocycles. The van der Waals surface area contributed by atoms with Crippen LogP contribution >= 0.6 is 24.0 Å². The average molecular weight is 572 g/mol.